The lowest BCUT2D eigenvalue weighted by molar-refractivity contribution is -0.115. The molecule has 0 N–H and O–H groups in total. The first-order valence-corrected chi connectivity index (χ1v) is 7.37. The summed E-state index contributed by atoms with van der Waals surface area (Å²) in [5, 5.41) is 0. The van der Waals surface area contributed by atoms with Gasteiger partial charge in [-0.2, -0.15) is 0 Å². The molecule has 1 aromatic rings. The van der Waals surface area contributed by atoms with Gasteiger partial charge >= 0.3 is 0 Å². The van der Waals surface area contributed by atoms with E-state index in [1.165, 1.54) is 22.3 Å². The van der Waals surface area contributed by atoms with Crippen molar-refractivity contribution in [3.05, 3.63) is 40.5 Å². The van der Waals surface area contributed by atoms with E-state index in [-0.39, 0.29) is 0 Å². The number of benzene rings is 1. The molecule has 0 heterocycles. The SMILES string of the molecule is CCCC(=O)/C(C)=C(\CC)c1cc(C)ccc1CC. The molecule has 0 atom stereocenters. The van der Waals surface area contributed by atoms with Crippen LogP contribution in [0.4, 0.5) is 0 Å². The lowest BCUT2D eigenvalue weighted by Crippen LogP contribution is -2.04. The van der Waals surface area contributed by atoms with E-state index in [0.29, 0.717) is 12.2 Å². The highest BCUT2D eigenvalue weighted by Gasteiger charge is 2.13. The Labute approximate surface area is 117 Å². The molecule has 0 aliphatic carbocycles. The monoisotopic (exact) mass is 258 g/mol. The van der Waals surface area contributed by atoms with E-state index in [1.807, 2.05) is 6.92 Å². The van der Waals surface area contributed by atoms with Crippen molar-refractivity contribution in [1.82, 2.24) is 0 Å². The number of hydrogen-bond donors (Lipinski definition) is 0. The predicted octanol–water partition coefficient (Wildman–Crippen LogP) is 5.11. The second-order valence-corrected chi connectivity index (χ2v) is 5.14. The van der Waals surface area contributed by atoms with Gasteiger partial charge in [0, 0.05) is 6.42 Å². The van der Waals surface area contributed by atoms with Gasteiger partial charge in [-0.3, -0.25) is 4.79 Å². The molecule has 104 valence electrons. The number of allylic oxidation sites excluding steroid dienone is 2. The molecule has 0 aromatic heterocycles. The maximum Gasteiger partial charge on any atom is 0.158 e. The predicted molar refractivity (Wildman–Crippen MR) is 83.4 cm³/mol. The van der Waals surface area contributed by atoms with Crippen LogP contribution in [-0.2, 0) is 11.2 Å². The second kappa shape index (κ2) is 7.28. The molecule has 1 rings (SSSR count). The minimum Gasteiger partial charge on any atom is -0.295 e. The van der Waals surface area contributed by atoms with Gasteiger partial charge in [-0.15, -0.1) is 0 Å². The van der Waals surface area contributed by atoms with E-state index >= 15 is 0 Å². The molecule has 0 saturated carbocycles. The molecule has 1 nitrogen and oxygen atoms in total. The molecule has 0 radical (unpaired) electrons. The fourth-order valence-corrected chi connectivity index (χ4v) is 2.52. The van der Waals surface area contributed by atoms with Crippen LogP contribution < -0.4 is 0 Å². The van der Waals surface area contributed by atoms with Crippen molar-refractivity contribution in [3.63, 3.8) is 0 Å². The quantitative estimate of drug-likeness (QED) is 0.648. The van der Waals surface area contributed by atoms with Crippen molar-refractivity contribution in [2.75, 3.05) is 0 Å². The maximum atomic E-state index is 12.1. The van der Waals surface area contributed by atoms with Gasteiger partial charge < -0.3 is 0 Å². The highest BCUT2D eigenvalue weighted by molar-refractivity contribution is 6.02. The molecule has 0 bridgehead atoms. The highest BCUT2D eigenvalue weighted by atomic mass is 16.1. The van der Waals surface area contributed by atoms with Crippen LogP contribution in [0.15, 0.2) is 23.8 Å². The van der Waals surface area contributed by atoms with Gasteiger partial charge in [-0.1, -0.05) is 44.5 Å². The second-order valence-electron chi connectivity index (χ2n) is 5.14. The minimum atomic E-state index is 0.294. The van der Waals surface area contributed by atoms with E-state index in [1.54, 1.807) is 0 Å². The zero-order valence-corrected chi connectivity index (χ0v) is 13.0. The third-order valence-corrected chi connectivity index (χ3v) is 3.67. The zero-order chi connectivity index (χ0) is 14.4. The van der Waals surface area contributed by atoms with Crippen LogP contribution in [0.2, 0.25) is 0 Å². The summed E-state index contributed by atoms with van der Waals surface area (Å²) in [4.78, 5) is 12.1. The Bertz CT molecular complexity index is 480. The fraction of sp³-hybridized carbons (Fsp3) is 0.500. The summed E-state index contributed by atoms with van der Waals surface area (Å²) in [5.41, 5.74) is 6.04. The molecule has 0 aliphatic rings. The number of ketones is 1. The summed E-state index contributed by atoms with van der Waals surface area (Å²) in [5.74, 6) is 0.294. The van der Waals surface area contributed by atoms with E-state index in [4.69, 9.17) is 0 Å². The summed E-state index contributed by atoms with van der Waals surface area (Å²) in [6.45, 7) is 10.5. The minimum absolute atomic E-state index is 0.294. The van der Waals surface area contributed by atoms with Crippen LogP contribution in [0, 0.1) is 6.92 Å². The van der Waals surface area contributed by atoms with Crippen molar-refractivity contribution in [3.8, 4) is 0 Å². The molecular weight excluding hydrogens is 232 g/mol. The Morgan fingerprint density at radius 2 is 1.84 bits per heavy atom. The van der Waals surface area contributed by atoms with Gasteiger partial charge in [0.1, 0.15) is 0 Å². The first-order valence-electron chi connectivity index (χ1n) is 7.37. The highest BCUT2D eigenvalue weighted by Crippen LogP contribution is 2.28. The molecule has 0 fully saturated rings. The zero-order valence-electron chi connectivity index (χ0n) is 13.0. The number of carbonyl (C=O) groups excluding carboxylic acids is 1. The third kappa shape index (κ3) is 3.79. The van der Waals surface area contributed by atoms with Gasteiger partial charge in [0.2, 0.25) is 0 Å². The first-order chi connectivity index (χ1) is 9.04. The number of carbonyl (C=O) groups is 1. The van der Waals surface area contributed by atoms with Crippen LogP contribution in [-0.4, -0.2) is 5.78 Å². The third-order valence-electron chi connectivity index (χ3n) is 3.67. The van der Waals surface area contributed by atoms with Crippen molar-refractivity contribution >= 4 is 11.4 Å². The van der Waals surface area contributed by atoms with Crippen molar-refractivity contribution < 1.29 is 4.79 Å². The Morgan fingerprint density at radius 3 is 2.37 bits per heavy atom. The van der Waals surface area contributed by atoms with E-state index in [0.717, 1.165) is 24.8 Å². The fourth-order valence-electron chi connectivity index (χ4n) is 2.52. The van der Waals surface area contributed by atoms with Crippen molar-refractivity contribution in [2.45, 2.75) is 60.3 Å². The van der Waals surface area contributed by atoms with Gasteiger partial charge in [-0.05, 0) is 55.4 Å². The topological polar surface area (TPSA) is 17.1 Å². The molecule has 0 saturated heterocycles. The van der Waals surface area contributed by atoms with E-state index in [2.05, 4.69) is 45.9 Å². The van der Waals surface area contributed by atoms with E-state index < -0.39 is 0 Å². The van der Waals surface area contributed by atoms with Crippen LogP contribution >= 0.6 is 0 Å². The molecule has 0 aliphatic heterocycles. The molecular formula is C18H26O. The van der Waals surface area contributed by atoms with Gasteiger partial charge in [0.05, 0.1) is 0 Å². The lowest BCUT2D eigenvalue weighted by Gasteiger charge is -2.15. The molecule has 19 heavy (non-hydrogen) atoms. The summed E-state index contributed by atoms with van der Waals surface area (Å²) < 4.78 is 0. The standard InChI is InChI=1S/C18H26O/c1-6-9-18(19)14(5)16(8-3)17-12-13(4)10-11-15(17)7-2/h10-12H,6-9H2,1-5H3/b16-14+. The first kappa shape index (κ1) is 15.7. The Morgan fingerprint density at radius 1 is 1.16 bits per heavy atom. The number of rotatable bonds is 6. The normalized spacial score (nSPS) is 12.3. The molecule has 1 heteroatoms. The number of Topliss-reactive ketones (excluding diaryl/α,β-unsaturated/α-hetero) is 1. The average molecular weight is 258 g/mol. The summed E-state index contributed by atoms with van der Waals surface area (Å²) >= 11 is 0. The van der Waals surface area contributed by atoms with Gasteiger partial charge in [-0.25, -0.2) is 0 Å². The van der Waals surface area contributed by atoms with Gasteiger partial charge in [0.15, 0.2) is 5.78 Å². The molecule has 0 spiro atoms. The smallest absolute Gasteiger partial charge is 0.158 e. The average Bonchev–Trinajstić information content (AvgIpc) is 2.40. The van der Waals surface area contributed by atoms with Crippen molar-refractivity contribution in [2.24, 2.45) is 0 Å². The Kier molecular flexibility index (Phi) is 6.01. The van der Waals surface area contributed by atoms with Crippen LogP contribution in [0.3, 0.4) is 0 Å². The number of hydrogen-bond acceptors (Lipinski definition) is 1. The summed E-state index contributed by atoms with van der Waals surface area (Å²) in [7, 11) is 0. The Balaban J connectivity index is 3.33. The van der Waals surface area contributed by atoms with Gasteiger partial charge in [0.25, 0.3) is 0 Å². The lowest BCUT2D eigenvalue weighted by atomic mass is 9.89. The summed E-state index contributed by atoms with van der Waals surface area (Å²) in [6.07, 6.45) is 3.50. The van der Waals surface area contributed by atoms with E-state index in [9.17, 15) is 4.79 Å². The molecule has 1 aromatic carbocycles. The van der Waals surface area contributed by atoms with Crippen LogP contribution in [0.5, 0.6) is 0 Å². The van der Waals surface area contributed by atoms with Crippen LogP contribution in [0.25, 0.3) is 5.57 Å². The Hall–Kier alpha value is -1.37. The molecule has 0 amide bonds. The molecule has 0 unspecified atom stereocenters. The van der Waals surface area contributed by atoms with Crippen molar-refractivity contribution in [1.29, 1.82) is 0 Å². The summed E-state index contributed by atoms with van der Waals surface area (Å²) in [6, 6.07) is 6.57. The maximum absolute atomic E-state index is 12.1. The number of aryl methyl sites for hydroxylation is 2. The van der Waals surface area contributed by atoms with Crippen LogP contribution in [0.1, 0.15) is 63.6 Å². The largest absolute Gasteiger partial charge is 0.295 e.